The minimum absolute atomic E-state index is 0.0314. The summed E-state index contributed by atoms with van der Waals surface area (Å²) in [5.74, 6) is 0. The van der Waals surface area contributed by atoms with E-state index in [0.29, 0.717) is 5.02 Å². The zero-order valence-corrected chi connectivity index (χ0v) is 15.9. The van der Waals surface area contributed by atoms with E-state index in [9.17, 15) is 13.2 Å². The van der Waals surface area contributed by atoms with Crippen LogP contribution in [0.3, 0.4) is 0 Å². The molecular weight excluding hydrogens is 393 g/mol. The van der Waals surface area contributed by atoms with Crippen molar-refractivity contribution in [3.05, 3.63) is 58.1 Å². The molecule has 8 heteroatoms. The highest BCUT2D eigenvalue weighted by Gasteiger charge is 2.34. The van der Waals surface area contributed by atoms with Crippen LogP contribution in [0.15, 0.2) is 47.4 Å². The molecule has 0 aliphatic rings. The lowest BCUT2D eigenvalue weighted by Gasteiger charge is -2.29. The normalized spacial score (nSPS) is 12.7. The number of benzene rings is 2. The first-order chi connectivity index (χ1) is 11.1. The van der Waals surface area contributed by atoms with Crippen LogP contribution >= 0.6 is 34.8 Å². The minimum Gasteiger partial charge on any atom is -0.279 e. The van der Waals surface area contributed by atoms with E-state index in [0.717, 1.165) is 9.87 Å². The molecule has 0 N–H and O–H groups in total. The van der Waals surface area contributed by atoms with Crippen LogP contribution in [-0.2, 0) is 14.8 Å². The van der Waals surface area contributed by atoms with Crippen molar-refractivity contribution < 1.29 is 13.2 Å². The van der Waals surface area contributed by atoms with Gasteiger partial charge in [-0.1, -0.05) is 40.9 Å². The minimum atomic E-state index is -4.05. The highest BCUT2D eigenvalue weighted by Crippen LogP contribution is 2.34. The molecule has 2 aromatic carbocycles. The van der Waals surface area contributed by atoms with Gasteiger partial charge < -0.3 is 0 Å². The molecule has 0 heterocycles. The molecule has 24 heavy (non-hydrogen) atoms. The quantitative estimate of drug-likeness (QED) is 0.679. The zero-order chi connectivity index (χ0) is 18.1. The Hall–Kier alpha value is -1.27. The van der Waals surface area contributed by atoms with Crippen LogP contribution in [0.4, 0.5) is 5.69 Å². The first-order valence-electron chi connectivity index (χ1n) is 6.90. The molecule has 4 nitrogen and oxygen atoms in total. The molecular formula is C16H14Cl3NO3S. The van der Waals surface area contributed by atoms with Crippen LogP contribution in [0, 0.1) is 6.92 Å². The summed E-state index contributed by atoms with van der Waals surface area (Å²) in [7, 11) is -4.05. The van der Waals surface area contributed by atoms with Gasteiger partial charge in [-0.2, -0.15) is 0 Å². The lowest BCUT2D eigenvalue weighted by molar-refractivity contribution is -0.112. The van der Waals surface area contributed by atoms with Crippen LogP contribution in [0.25, 0.3) is 0 Å². The monoisotopic (exact) mass is 405 g/mol. The van der Waals surface area contributed by atoms with Gasteiger partial charge in [0, 0.05) is 5.02 Å². The van der Waals surface area contributed by atoms with Gasteiger partial charge in [0.05, 0.1) is 15.6 Å². The topological polar surface area (TPSA) is 54.5 Å². The highest BCUT2D eigenvalue weighted by atomic mass is 35.5. The Bertz CT molecular complexity index is 867. The van der Waals surface area contributed by atoms with Crippen molar-refractivity contribution in [3.63, 3.8) is 0 Å². The van der Waals surface area contributed by atoms with Gasteiger partial charge in [0.15, 0.2) is 0 Å². The highest BCUT2D eigenvalue weighted by molar-refractivity contribution is 7.93. The summed E-state index contributed by atoms with van der Waals surface area (Å²) in [6.07, 6.45) is 0. The molecule has 2 rings (SSSR count). The number of anilines is 1. The van der Waals surface area contributed by atoms with E-state index in [1.165, 1.54) is 37.3 Å². The van der Waals surface area contributed by atoms with Gasteiger partial charge in [0.25, 0.3) is 10.0 Å². The average molecular weight is 407 g/mol. The molecule has 0 radical (unpaired) electrons. The van der Waals surface area contributed by atoms with Crippen LogP contribution in [0.1, 0.15) is 12.5 Å². The molecule has 0 fully saturated rings. The third-order valence-electron chi connectivity index (χ3n) is 3.41. The van der Waals surface area contributed by atoms with E-state index >= 15 is 0 Å². The van der Waals surface area contributed by atoms with E-state index in [4.69, 9.17) is 34.8 Å². The fourth-order valence-corrected chi connectivity index (χ4v) is 4.46. The number of carbonyl (C=O) groups excluding carboxylic acids is 1. The first kappa shape index (κ1) is 19.1. The van der Waals surface area contributed by atoms with E-state index < -0.39 is 21.3 Å². The van der Waals surface area contributed by atoms with Crippen molar-refractivity contribution in [2.24, 2.45) is 0 Å². The Kier molecular flexibility index (Phi) is 5.81. The molecule has 0 spiro atoms. The predicted molar refractivity (Wildman–Crippen MR) is 97.6 cm³/mol. The Labute approximate surface area is 156 Å². The van der Waals surface area contributed by atoms with Crippen molar-refractivity contribution in [3.8, 4) is 0 Å². The maximum atomic E-state index is 13.1. The van der Waals surface area contributed by atoms with Crippen LogP contribution < -0.4 is 4.31 Å². The summed E-state index contributed by atoms with van der Waals surface area (Å²) >= 11 is 17.6. The number of hydrogen-bond acceptors (Lipinski definition) is 3. The van der Waals surface area contributed by atoms with Gasteiger partial charge in [0.1, 0.15) is 6.04 Å². The largest absolute Gasteiger partial charge is 0.279 e. The fraction of sp³-hybridized carbons (Fsp3) is 0.188. The maximum Gasteiger partial charge on any atom is 0.265 e. The fourth-order valence-electron chi connectivity index (χ4n) is 2.12. The number of hydrogen-bond donors (Lipinski definition) is 0. The average Bonchev–Trinajstić information content (AvgIpc) is 2.49. The number of aryl methyl sites for hydroxylation is 1. The first-order valence-corrected chi connectivity index (χ1v) is 9.47. The molecule has 0 amide bonds. The van der Waals surface area contributed by atoms with Crippen LogP contribution in [0.5, 0.6) is 0 Å². The van der Waals surface area contributed by atoms with E-state index in [2.05, 4.69) is 0 Å². The Morgan fingerprint density at radius 2 is 1.67 bits per heavy atom. The molecule has 0 bridgehead atoms. The van der Waals surface area contributed by atoms with Gasteiger partial charge in [-0.15, -0.1) is 0 Å². The van der Waals surface area contributed by atoms with E-state index in [1.54, 1.807) is 12.1 Å². The lowest BCUT2D eigenvalue weighted by Crippen LogP contribution is -2.42. The van der Waals surface area contributed by atoms with Crippen molar-refractivity contribution >= 4 is 55.8 Å². The van der Waals surface area contributed by atoms with E-state index in [-0.39, 0.29) is 15.6 Å². The third kappa shape index (κ3) is 3.86. The zero-order valence-electron chi connectivity index (χ0n) is 12.8. The Morgan fingerprint density at radius 1 is 1.08 bits per heavy atom. The molecule has 128 valence electrons. The van der Waals surface area contributed by atoms with E-state index in [1.807, 2.05) is 6.92 Å². The molecule has 0 aliphatic carbocycles. The van der Waals surface area contributed by atoms with Crippen molar-refractivity contribution in [1.82, 2.24) is 0 Å². The number of carbonyl (C=O) groups is 1. The summed E-state index contributed by atoms with van der Waals surface area (Å²) in [4.78, 5) is 11.7. The summed E-state index contributed by atoms with van der Waals surface area (Å²) in [6, 6.07) is 9.46. The summed E-state index contributed by atoms with van der Waals surface area (Å²) in [5.41, 5.74) is 1.04. The molecule has 0 aromatic heterocycles. The molecule has 0 saturated carbocycles. The number of nitrogens with zero attached hydrogens (tertiary/aromatic N) is 1. The third-order valence-corrected chi connectivity index (χ3v) is 6.16. The second-order valence-electron chi connectivity index (χ2n) is 5.19. The van der Waals surface area contributed by atoms with Gasteiger partial charge >= 0.3 is 0 Å². The number of sulfonamides is 1. The van der Waals surface area contributed by atoms with Gasteiger partial charge in [-0.05, 0) is 55.8 Å². The molecule has 1 unspecified atom stereocenters. The Morgan fingerprint density at radius 3 is 2.17 bits per heavy atom. The number of rotatable bonds is 5. The number of halogens is 3. The van der Waals surface area contributed by atoms with Crippen molar-refractivity contribution in [2.45, 2.75) is 24.8 Å². The van der Waals surface area contributed by atoms with Gasteiger partial charge in [0.2, 0.25) is 5.24 Å². The molecule has 1 atom stereocenters. The molecule has 2 aromatic rings. The van der Waals surface area contributed by atoms with Crippen molar-refractivity contribution in [1.29, 1.82) is 0 Å². The summed E-state index contributed by atoms with van der Waals surface area (Å²) in [6.45, 7) is 3.24. The van der Waals surface area contributed by atoms with Gasteiger partial charge in [-0.3, -0.25) is 9.10 Å². The van der Waals surface area contributed by atoms with Crippen molar-refractivity contribution in [2.75, 3.05) is 4.31 Å². The maximum absolute atomic E-state index is 13.1. The lowest BCUT2D eigenvalue weighted by atomic mass is 10.2. The summed E-state index contributed by atoms with van der Waals surface area (Å²) in [5, 5.41) is -0.374. The Balaban J connectivity index is 2.66. The second kappa shape index (κ2) is 7.31. The van der Waals surface area contributed by atoms with Crippen LogP contribution in [-0.4, -0.2) is 19.7 Å². The van der Waals surface area contributed by atoms with Crippen LogP contribution in [0.2, 0.25) is 10.0 Å². The predicted octanol–water partition coefficient (Wildman–Crippen LogP) is 4.65. The SMILES string of the molecule is Cc1ccc(S(=O)(=O)N(c2ccc(Cl)cc2Cl)C(C)C(=O)Cl)cc1. The molecule has 0 aliphatic heterocycles. The molecule has 0 saturated heterocycles. The smallest absolute Gasteiger partial charge is 0.265 e. The standard InChI is InChI=1S/C16H14Cl3NO3S/c1-10-3-6-13(7-4-10)24(22,23)20(11(2)16(19)21)15-8-5-12(17)9-14(15)18/h3-9,11H,1-2H3. The van der Waals surface area contributed by atoms with Gasteiger partial charge in [-0.25, -0.2) is 8.42 Å². The summed E-state index contributed by atoms with van der Waals surface area (Å²) < 4.78 is 27.0. The second-order valence-corrected chi connectivity index (χ2v) is 8.22.